The lowest BCUT2D eigenvalue weighted by Gasteiger charge is -2.05. The van der Waals surface area contributed by atoms with Crippen LogP contribution in [0.1, 0.15) is 28.3 Å². The second-order valence-electron chi connectivity index (χ2n) is 4.55. The molecule has 0 spiro atoms. The van der Waals surface area contributed by atoms with Crippen molar-refractivity contribution in [2.75, 3.05) is 0 Å². The maximum atomic E-state index is 13.4. The molecule has 1 heterocycles. The van der Waals surface area contributed by atoms with Gasteiger partial charge in [0.15, 0.2) is 0 Å². The summed E-state index contributed by atoms with van der Waals surface area (Å²) in [5.74, 6) is -2.95. The van der Waals surface area contributed by atoms with Gasteiger partial charge >= 0.3 is 5.97 Å². The van der Waals surface area contributed by atoms with E-state index in [-0.39, 0.29) is 36.5 Å². The lowest BCUT2D eigenvalue weighted by molar-refractivity contribution is -0.121. The molecule has 2 aromatic rings. The largest absolute Gasteiger partial charge is 0.475 e. The van der Waals surface area contributed by atoms with Crippen molar-refractivity contribution >= 4 is 11.9 Å². The first kappa shape index (κ1) is 15.7. The summed E-state index contributed by atoms with van der Waals surface area (Å²) in [6.07, 6.45) is -0.160. The predicted molar refractivity (Wildman–Crippen MR) is 72.2 cm³/mol. The molecule has 22 heavy (non-hydrogen) atoms. The van der Waals surface area contributed by atoms with E-state index in [1.54, 1.807) is 0 Å². The number of carbonyl (C=O) groups excluding carboxylic acids is 1. The van der Waals surface area contributed by atoms with E-state index in [1.807, 2.05) is 0 Å². The van der Waals surface area contributed by atoms with Crippen LogP contribution in [0.15, 0.2) is 34.7 Å². The van der Waals surface area contributed by atoms with Crippen molar-refractivity contribution in [1.29, 1.82) is 0 Å². The van der Waals surface area contributed by atoms with E-state index in [0.29, 0.717) is 0 Å². The normalized spacial score (nSPS) is 10.5. The number of furan rings is 1. The van der Waals surface area contributed by atoms with E-state index in [1.165, 1.54) is 18.2 Å². The molecular weight excluding hydrogens is 296 g/mol. The topological polar surface area (TPSA) is 79.5 Å². The Bertz CT molecular complexity index is 676. The van der Waals surface area contributed by atoms with E-state index in [0.717, 1.165) is 12.1 Å². The molecule has 0 aliphatic rings. The van der Waals surface area contributed by atoms with Gasteiger partial charge in [-0.2, -0.15) is 0 Å². The fraction of sp³-hybridized carbons (Fsp3) is 0.200. The second-order valence-corrected chi connectivity index (χ2v) is 4.55. The number of halogens is 2. The van der Waals surface area contributed by atoms with Gasteiger partial charge in [0.1, 0.15) is 17.4 Å². The number of carbonyl (C=O) groups is 2. The Hall–Kier alpha value is -2.70. The monoisotopic (exact) mass is 309 g/mol. The molecule has 2 rings (SSSR count). The molecule has 0 radical (unpaired) electrons. The Labute approximate surface area is 124 Å². The molecule has 0 atom stereocenters. The molecule has 2 N–H and O–H groups in total. The summed E-state index contributed by atoms with van der Waals surface area (Å²) in [4.78, 5) is 22.3. The molecule has 7 heteroatoms. The summed E-state index contributed by atoms with van der Waals surface area (Å²) in [7, 11) is 0. The van der Waals surface area contributed by atoms with Gasteiger partial charge in [-0.05, 0) is 30.7 Å². The second kappa shape index (κ2) is 6.84. The van der Waals surface area contributed by atoms with E-state index >= 15 is 0 Å². The molecule has 1 aromatic carbocycles. The van der Waals surface area contributed by atoms with Crippen LogP contribution >= 0.6 is 0 Å². The first-order valence-corrected chi connectivity index (χ1v) is 6.49. The summed E-state index contributed by atoms with van der Waals surface area (Å²) < 4.78 is 31.7. The standard InChI is InChI=1S/C15H13F2NO4/c16-11-2-1-3-12(17)10(11)5-7-14(19)18-8-9-4-6-13(22-9)15(20)21/h1-4,6H,5,7-8H2,(H,18,19)(H,20,21). The number of rotatable bonds is 6. The van der Waals surface area contributed by atoms with Crippen LogP contribution < -0.4 is 5.32 Å². The maximum Gasteiger partial charge on any atom is 0.371 e. The maximum absolute atomic E-state index is 13.4. The molecule has 0 fully saturated rings. The minimum Gasteiger partial charge on any atom is -0.475 e. The highest BCUT2D eigenvalue weighted by Gasteiger charge is 2.12. The number of nitrogens with one attached hydrogen (secondary N) is 1. The van der Waals surface area contributed by atoms with Crippen molar-refractivity contribution in [2.24, 2.45) is 0 Å². The Morgan fingerprint density at radius 3 is 2.41 bits per heavy atom. The van der Waals surface area contributed by atoms with Crippen molar-refractivity contribution in [3.05, 3.63) is 59.1 Å². The van der Waals surface area contributed by atoms with Crippen molar-refractivity contribution < 1.29 is 27.9 Å². The van der Waals surface area contributed by atoms with E-state index in [2.05, 4.69) is 5.32 Å². The van der Waals surface area contributed by atoms with Gasteiger partial charge in [0.05, 0.1) is 6.54 Å². The lowest BCUT2D eigenvalue weighted by Crippen LogP contribution is -2.23. The Morgan fingerprint density at radius 1 is 1.14 bits per heavy atom. The predicted octanol–water partition coefficient (Wildman–Crippen LogP) is 2.50. The smallest absolute Gasteiger partial charge is 0.371 e. The number of hydrogen-bond donors (Lipinski definition) is 2. The van der Waals surface area contributed by atoms with Gasteiger partial charge < -0.3 is 14.8 Å². The summed E-state index contributed by atoms with van der Waals surface area (Å²) in [5.41, 5.74) is -0.135. The van der Waals surface area contributed by atoms with Crippen LogP contribution in [0.3, 0.4) is 0 Å². The highest BCUT2D eigenvalue weighted by atomic mass is 19.1. The van der Waals surface area contributed by atoms with Crippen molar-refractivity contribution in [1.82, 2.24) is 5.32 Å². The third-order valence-corrected chi connectivity index (χ3v) is 3.00. The number of carboxylic acids is 1. The summed E-state index contributed by atoms with van der Waals surface area (Å²) in [5, 5.41) is 11.2. The lowest BCUT2D eigenvalue weighted by atomic mass is 10.1. The molecule has 0 unspecified atom stereocenters. The zero-order valence-electron chi connectivity index (χ0n) is 11.4. The number of carboxylic acid groups (broad SMARTS) is 1. The van der Waals surface area contributed by atoms with Crippen LogP contribution in [-0.4, -0.2) is 17.0 Å². The molecule has 0 aliphatic carbocycles. The SMILES string of the molecule is O=C(CCc1c(F)cccc1F)NCc1ccc(C(=O)O)o1. The van der Waals surface area contributed by atoms with Gasteiger partial charge in [-0.3, -0.25) is 4.79 Å². The van der Waals surface area contributed by atoms with Gasteiger partial charge in [-0.1, -0.05) is 6.07 Å². The molecule has 0 bridgehead atoms. The van der Waals surface area contributed by atoms with Crippen LogP contribution in [0, 0.1) is 11.6 Å². The third kappa shape index (κ3) is 3.91. The number of amides is 1. The summed E-state index contributed by atoms with van der Waals surface area (Å²) in [6, 6.07) is 6.23. The average Bonchev–Trinajstić information content (AvgIpc) is 2.93. The van der Waals surface area contributed by atoms with Crippen molar-refractivity contribution in [3.63, 3.8) is 0 Å². The highest BCUT2D eigenvalue weighted by molar-refractivity contribution is 5.84. The van der Waals surface area contributed by atoms with Crippen LogP contribution in [-0.2, 0) is 17.8 Å². The molecular formula is C15H13F2NO4. The summed E-state index contributed by atoms with van der Waals surface area (Å²) in [6.45, 7) is 0.00582. The minimum atomic E-state index is -1.20. The number of aromatic carboxylic acids is 1. The molecule has 1 amide bonds. The Morgan fingerprint density at radius 2 is 1.82 bits per heavy atom. The Kier molecular flexibility index (Phi) is 4.88. The fourth-order valence-corrected chi connectivity index (χ4v) is 1.87. The van der Waals surface area contributed by atoms with E-state index in [9.17, 15) is 18.4 Å². The minimum absolute atomic E-state index is 0.00582. The molecule has 0 saturated carbocycles. The van der Waals surface area contributed by atoms with Gasteiger partial charge in [-0.25, -0.2) is 13.6 Å². The Balaban J connectivity index is 1.84. The number of hydrogen-bond acceptors (Lipinski definition) is 3. The first-order chi connectivity index (χ1) is 10.5. The zero-order chi connectivity index (χ0) is 16.1. The molecule has 5 nitrogen and oxygen atoms in total. The van der Waals surface area contributed by atoms with Crippen LogP contribution in [0.5, 0.6) is 0 Å². The van der Waals surface area contributed by atoms with E-state index < -0.39 is 23.5 Å². The van der Waals surface area contributed by atoms with Crippen LogP contribution in [0.2, 0.25) is 0 Å². The van der Waals surface area contributed by atoms with Crippen molar-refractivity contribution in [2.45, 2.75) is 19.4 Å². The molecule has 0 saturated heterocycles. The first-order valence-electron chi connectivity index (χ1n) is 6.49. The molecule has 116 valence electrons. The fourth-order valence-electron chi connectivity index (χ4n) is 1.87. The van der Waals surface area contributed by atoms with Gasteiger partial charge in [0.25, 0.3) is 0 Å². The van der Waals surface area contributed by atoms with Crippen LogP contribution in [0.25, 0.3) is 0 Å². The molecule has 1 aromatic heterocycles. The third-order valence-electron chi connectivity index (χ3n) is 3.00. The van der Waals surface area contributed by atoms with Crippen molar-refractivity contribution in [3.8, 4) is 0 Å². The highest BCUT2D eigenvalue weighted by Crippen LogP contribution is 2.14. The van der Waals surface area contributed by atoms with Gasteiger partial charge in [-0.15, -0.1) is 0 Å². The molecule has 0 aliphatic heterocycles. The average molecular weight is 309 g/mol. The number of benzene rings is 1. The zero-order valence-corrected chi connectivity index (χ0v) is 11.4. The van der Waals surface area contributed by atoms with Gasteiger partial charge in [0, 0.05) is 12.0 Å². The van der Waals surface area contributed by atoms with Crippen LogP contribution in [0.4, 0.5) is 8.78 Å². The van der Waals surface area contributed by atoms with E-state index in [4.69, 9.17) is 9.52 Å². The van der Waals surface area contributed by atoms with Gasteiger partial charge in [0.2, 0.25) is 11.7 Å². The quantitative estimate of drug-likeness (QED) is 0.859. The summed E-state index contributed by atoms with van der Waals surface area (Å²) >= 11 is 0.